The van der Waals surface area contributed by atoms with Gasteiger partial charge in [0.2, 0.25) is 6.20 Å². The van der Waals surface area contributed by atoms with Gasteiger partial charge in [0.25, 0.3) is 0 Å². The summed E-state index contributed by atoms with van der Waals surface area (Å²) in [7, 11) is 0. The third-order valence-corrected chi connectivity index (χ3v) is 0.895. The van der Waals surface area contributed by atoms with Crippen molar-refractivity contribution in [2.45, 2.75) is 0 Å². The van der Waals surface area contributed by atoms with Crippen LogP contribution in [0.4, 0.5) is 0 Å². The minimum absolute atomic E-state index is 0. The van der Waals surface area contributed by atoms with E-state index < -0.39 is 4.92 Å². The maximum atomic E-state index is 9.78. The van der Waals surface area contributed by atoms with Crippen LogP contribution in [0.2, 0.25) is 0 Å². The summed E-state index contributed by atoms with van der Waals surface area (Å²) < 4.78 is 0. The fourth-order valence-electron chi connectivity index (χ4n) is 0.499. The maximum absolute atomic E-state index is 9.78. The molecule has 6 heteroatoms. The van der Waals surface area contributed by atoms with E-state index in [-0.39, 0.29) is 12.4 Å². The summed E-state index contributed by atoms with van der Waals surface area (Å²) in [5.74, 6) is 0. The van der Waals surface area contributed by atoms with Gasteiger partial charge in [-0.05, 0) is 0 Å². The molecule has 0 saturated carbocycles. The second-order valence-corrected chi connectivity index (χ2v) is 1.61. The molecule has 0 radical (unpaired) electrons. The Morgan fingerprint density at radius 1 is 1.73 bits per heavy atom. The van der Waals surface area contributed by atoms with Gasteiger partial charge in [0, 0.05) is 6.08 Å². The smallest absolute Gasteiger partial charge is 0.236 e. The zero-order chi connectivity index (χ0) is 7.40. The highest BCUT2D eigenvalue weighted by atomic mass is 35.5. The van der Waals surface area contributed by atoms with Crippen molar-refractivity contribution in [3.8, 4) is 0 Å². The van der Waals surface area contributed by atoms with Gasteiger partial charge in [-0.2, -0.15) is 0 Å². The van der Waals surface area contributed by atoms with Gasteiger partial charge in [0.05, 0.1) is 23.1 Å². The monoisotopic (exact) mass is 175 g/mol. The number of aromatic nitrogens is 2. The van der Waals surface area contributed by atoms with Crippen molar-refractivity contribution in [2.75, 3.05) is 0 Å². The number of rotatable bonds is 2. The van der Waals surface area contributed by atoms with E-state index >= 15 is 0 Å². The molecular formula is C5H6ClN3O2. The zero-order valence-electron chi connectivity index (χ0n) is 5.43. The maximum Gasteiger partial charge on any atom is 0.236 e. The molecule has 0 bridgehead atoms. The molecule has 0 aliphatic heterocycles. The molecule has 0 spiro atoms. The minimum Gasteiger partial charge on any atom is -0.345 e. The Kier molecular flexibility index (Phi) is 3.90. The summed E-state index contributed by atoms with van der Waals surface area (Å²) in [4.78, 5) is 15.6. The first kappa shape index (κ1) is 9.64. The number of nitrogens with one attached hydrogen (secondary N) is 1. The molecule has 0 fully saturated rings. The molecule has 1 aromatic heterocycles. The second kappa shape index (κ2) is 4.45. The number of imidazole rings is 1. The number of halogens is 1. The summed E-state index contributed by atoms with van der Waals surface area (Å²) in [6.45, 7) is 0. The Morgan fingerprint density at radius 2 is 2.45 bits per heavy atom. The molecule has 1 rings (SSSR count). The molecule has 1 N–H and O–H groups in total. The van der Waals surface area contributed by atoms with E-state index in [0.717, 1.165) is 6.20 Å². The summed E-state index contributed by atoms with van der Waals surface area (Å²) in [6.07, 6.45) is 5.15. The lowest BCUT2D eigenvalue weighted by atomic mass is 10.5. The molecule has 5 nitrogen and oxygen atoms in total. The molecule has 0 saturated heterocycles. The van der Waals surface area contributed by atoms with Crippen molar-refractivity contribution >= 4 is 18.5 Å². The van der Waals surface area contributed by atoms with Crippen molar-refractivity contribution in [1.29, 1.82) is 0 Å². The quantitative estimate of drug-likeness (QED) is 0.540. The van der Waals surface area contributed by atoms with Gasteiger partial charge in [0.1, 0.15) is 0 Å². The van der Waals surface area contributed by atoms with E-state index in [9.17, 15) is 10.1 Å². The van der Waals surface area contributed by atoms with E-state index in [1.165, 1.54) is 18.6 Å². The summed E-state index contributed by atoms with van der Waals surface area (Å²) >= 11 is 0. The largest absolute Gasteiger partial charge is 0.345 e. The Balaban J connectivity index is 0.000001000. The Morgan fingerprint density at radius 3 is 2.91 bits per heavy atom. The normalized spacial score (nSPS) is 9.45. The molecule has 60 valence electrons. The second-order valence-electron chi connectivity index (χ2n) is 1.61. The van der Waals surface area contributed by atoms with Crippen molar-refractivity contribution < 1.29 is 4.92 Å². The average molecular weight is 176 g/mol. The Hall–Kier alpha value is -1.36. The Bertz CT molecular complexity index is 244. The molecular weight excluding hydrogens is 170 g/mol. The van der Waals surface area contributed by atoms with Crippen LogP contribution in [0.15, 0.2) is 18.7 Å². The molecule has 0 amide bonds. The molecule has 1 aromatic rings. The summed E-state index contributed by atoms with van der Waals surface area (Å²) in [5.41, 5.74) is 0.622. The third kappa shape index (κ3) is 3.36. The average Bonchev–Trinajstić information content (AvgIpc) is 2.34. The Labute approximate surface area is 68.7 Å². The highest BCUT2D eigenvalue weighted by molar-refractivity contribution is 5.85. The van der Waals surface area contributed by atoms with E-state index in [2.05, 4.69) is 9.97 Å². The van der Waals surface area contributed by atoms with Crippen molar-refractivity contribution in [3.63, 3.8) is 0 Å². The first-order valence-corrected chi connectivity index (χ1v) is 2.59. The van der Waals surface area contributed by atoms with Crippen molar-refractivity contribution in [2.24, 2.45) is 0 Å². The van der Waals surface area contributed by atoms with Gasteiger partial charge in [-0.25, -0.2) is 4.98 Å². The van der Waals surface area contributed by atoms with Crippen LogP contribution in [-0.2, 0) is 0 Å². The SMILES string of the molecule is Cl.O=[N+]([O-])/C=C/c1cnc[nH]1. The first-order chi connectivity index (χ1) is 4.79. The predicted octanol–water partition coefficient (Wildman–Crippen LogP) is 1.08. The molecule has 0 aromatic carbocycles. The van der Waals surface area contributed by atoms with Crippen LogP contribution >= 0.6 is 12.4 Å². The molecule has 1 heterocycles. The number of nitro groups is 1. The topological polar surface area (TPSA) is 71.8 Å². The van der Waals surface area contributed by atoms with Gasteiger partial charge >= 0.3 is 0 Å². The van der Waals surface area contributed by atoms with Crippen LogP contribution < -0.4 is 0 Å². The first-order valence-electron chi connectivity index (χ1n) is 2.59. The third-order valence-electron chi connectivity index (χ3n) is 0.895. The molecule has 0 aliphatic carbocycles. The van der Waals surface area contributed by atoms with Crippen LogP contribution in [0, 0.1) is 10.1 Å². The van der Waals surface area contributed by atoms with Gasteiger partial charge in [-0.3, -0.25) is 10.1 Å². The van der Waals surface area contributed by atoms with Crippen LogP contribution in [0.5, 0.6) is 0 Å². The highest BCUT2D eigenvalue weighted by Crippen LogP contribution is 1.92. The van der Waals surface area contributed by atoms with Gasteiger partial charge in [-0.1, -0.05) is 0 Å². The number of hydrogen-bond acceptors (Lipinski definition) is 3. The number of H-pyrrole nitrogens is 1. The lowest BCUT2D eigenvalue weighted by molar-refractivity contribution is -0.401. The van der Waals surface area contributed by atoms with Gasteiger partial charge in [0.15, 0.2) is 0 Å². The van der Waals surface area contributed by atoms with Gasteiger partial charge < -0.3 is 4.98 Å². The molecule has 0 atom stereocenters. The lowest BCUT2D eigenvalue weighted by Crippen LogP contribution is -1.81. The van der Waals surface area contributed by atoms with E-state index in [4.69, 9.17) is 0 Å². The summed E-state index contributed by atoms with van der Waals surface area (Å²) in [6, 6.07) is 0. The number of hydrogen-bond donors (Lipinski definition) is 1. The minimum atomic E-state index is -0.527. The van der Waals surface area contributed by atoms with Crippen LogP contribution in [0.25, 0.3) is 6.08 Å². The van der Waals surface area contributed by atoms with E-state index in [1.807, 2.05) is 0 Å². The highest BCUT2D eigenvalue weighted by Gasteiger charge is 1.88. The summed E-state index contributed by atoms with van der Waals surface area (Å²) in [5, 5.41) is 9.78. The molecule has 11 heavy (non-hydrogen) atoms. The molecule has 0 unspecified atom stereocenters. The van der Waals surface area contributed by atoms with E-state index in [1.54, 1.807) is 0 Å². The predicted molar refractivity (Wildman–Crippen MR) is 41.9 cm³/mol. The standard InChI is InChI=1S/C5H5N3O2.ClH/c9-8(10)2-1-5-3-6-4-7-5;/h1-4H,(H,6,7);1H/b2-1+;. The van der Waals surface area contributed by atoms with Crippen molar-refractivity contribution in [3.05, 3.63) is 34.5 Å². The van der Waals surface area contributed by atoms with Crippen LogP contribution in [0.3, 0.4) is 0 Å². The van der Waals surface area contributed by atoms with Gasteiger partial charge in [-0.15, -0.1) is 12.4 Å². The van der Waals surface area contributed by atoms with Crippen LogP contribution in [-0.4, -0.2) is 14.9 Å². The fraction of sp³-hybridized carbons (Fsp3) is 0. The van der Waals surface area contributed by atoms with Crippen LogP contribution in [0.1, 0.15) is 5.69 Å². The lowest BCUT2D eigenvalue weighted by Gasteiger charge is -1.77. The number of aromatic amines is 1. The zero-order valence-corrected chi connectivity index (χ0v) is 6.25. The fourth-order valence-corrected chi connectivity index (χ4v) is 0.499. The van der Waals surface area contributed by atoms with E-state index in [0.29, 0.717) is 5.69 Å². The molecule has 0 aliphatic rings. The van der Waals surface area contributed by atoms with Crippen molar-refractivity contribution in [1.82, 2.24) is 9.97 Å². The number of nitrogens with zero attached hydrogens (tertiary/aromatic N) is 2.